The van der Waals surface area contributed by atoms with Crippen molar-refractivity contribution < 1.29 is 70.9 Å². The SMILES string of the molecule is C=C(C)C(=O)O.O=C(O)C(O)C(O)C(=O)O.[H-].[Na+]. The van der Waals surface area contributed by atoms with Gasteiger partial charge in [0, 0.05) is 5.57 Å². The Kier molecular flexibility index (Phi) is 12.9. The Labute approximate surface area is 120 Å². The first-order valence-corrected chi connectivity index (χ1v) is 3.81. The monoisotopic (exact) mass is 260 g/mol. The molecule has 94 valence electrons. The van der Waals surface area contributed by atoms with E-state index in [4.69, 9.17) is 25.5 Å². The van der Waals surface area contributed by atoms with Crippen molar-refractivity contribution in [2.75, 3.05) is 0 Å². The third-order valence-electron chi connectivity index (χ3n) is 1.17. The van der Waals surface area contributed by atoms with Crippen molar-refractivity contribution in [3.63, 3.8) is 0 Å². The molecule has 0 bridgehead atoms. The van der Waals surface area contributed by atoms with Crippen molar-refractivity contribution in [3.05, 3.63) is 12.2 Å². The third-order valence-corrected chi connectivity index (χ3v) is 1.17. The van der Waals surface area contributed by atoms with Gasteiger partial charge in [0.15, 0.2) is 12.2 Å². The van der Waals surface area contributed by atoms with E-state index in [0.29, 0.717) is 0 Å². The summed E-state index contributed by atoms with van der Waals surface area (Å²) in [6, 6.07) is 0. The number of hydrogen-bond donors (Lipinski definition) is 5. The van der Waals surface area contributed by atoms with E-state index in [1.807, 2.05) is 0 Å². The summed E-state index contributed by atoms with van der Waals surface area (Å²) >= 11 is 0. The van der Waals surface area contributed by atoms with Gasteiger partial charge < -0.3 is 27.0 Å². The fourth-order valence-corrected chi connectivity index (χ4v) is 0.270. The normalized spacial score (nSPS) is 11.9. The zero-order valence-electron chi connectivity index (χ0n) is 10.3. The molecule has 0 aromatic carbocycles. The quantitative estimate of drug-likeness (QED) is 0.251. The summed E-state index contributed by atoms with van der Waals surface area (Å²) in [6.45, 7) is 4.60. The summed E-state index contributed by atoms with van der Waals surface area (Å²) in [5, 5.41) is 40.4. The molecular formula is C8H13NaO8. The standard InChI is InChI=1S/C4H6O6.C4H6O2.Na.H/c5-1(3(7)8)2(6)4(9)10;1-3(2)4(5)6;;/h1-2,5-6H,(H,7,8)(H,9,10);1H2,2H3,(H,5,6);;/q;;+1;-1. The number of aliphatic hydroxyl groups is 2. The maximum atomic E-state index is 9.77. The van der Waals surface area contributed by atoms with E-state index in [9.17, 15) is 14.4 Å². The second-order valence-corrected chi connectivity index (χ2v) is 2.65. The van der Waals surface area contributed by atoms with Gasteiger partial charge in [0.1, 0.15) is 0 Å². The summed E-state index contributed by atoms with van der Waals surface area (Å²) in [4.78, 5) is 29.1. The Balaban J connectivity index is -0.000000108. The van der Waals surface area contributed by atoms with Crippen LogP contribution in [0.5, 0.6) is 0 Å². The van der Waals surface area contributed by atoms with E-state index in [0.717, 1.165) is 0 Å². The van der Waals surface area contributed by atoms with Crippen LogP contribution in [-0.4, -0.2) is 55.6 Å². The van der Waals surface area contributed by atoms with E-state index in [-0.39, 0.29) is 36.6 Å². The Hall–Kier alpha value is -0.930. The molecule has 0 amide bonds. The molecule has 0 heterocycles. The van der Waals surface area contributed by atoms with Crippen LogP contribution in [0.3, 0.4) is 0 Å². The van der Waals surface area contributed by atoms with Crippen LogP contribution in [0.2, 0.25) is 0 Å². The van der Waals surface area contributed by atoms with Gasteiger partial charge in [0.2, 0.25) is 0 Å². The van der Waals surface area contributed by atoms with Crippen LogP contribution >= 0.6 is 0 Å². The number of carbonyl (C=O) groups is 3. The number of carboxylic acid groups (broad SMARTS) is 3. The zero-order chi connectivity index (χ0) is 13.5. The van der Waals surface area contributed by atoms with Gasteiger partial charge in [-0.1, -0.05) is 6.58 Å². The first kappa shape index (κ1) is 21.4. The molecule has 0 aliphatic heterocycles. The number of rotatable bonds is 4. The maximum absolute atomic E-state index is 9.77. The first-order valence-electron chi connectivity index (χ1n) is 3.81. The predicted octanol–water partition coefficient (Wildman–Crippen LogP) is -4.36. The minimum Gasteiger partial charge on any atom is -1.00 e. The molecule has 8 nitrogen and oxygen atoms in total. The van der Waals surface area contributed by atoms with Gasteiger partial charge >= 0.3 is 47.5 Å². The summed E-state index contributed by atoms with van der Waals surface area (Å²) in [5.41, 5.74) is 0.176. The largest absolute Gasteiger partial charge is 1.00 e. The van der Waals surface area contributed by atoms with Crippen LogP contribution in [0.15, 0.2) is 12.2 Å². The van der Waals surface area contributed by atoms with Gasteiger partial charge in [0.25, 0.3) is 0 Å². The molecule has 0 aromatic heterocycles. The van der Waals surface area contributed by atoms with Crippen LogP contribution in [0.25, 0.3) is 0 Å². The van der Waals surface area contributed by atoms with Gasteiger partial charge in [-0.15, -0.1) is 0 Å². The van der Waals surface area contributed by atoms with Gasteiger partial charge in [-0.05, 0) is 6.92 Å². The smallest absolute Gasteiger partial charge is 1.00 e. The van der Waals surface area contributed by atoms with Gasteiger partial charge in [-0.25, -0.2) is 14.4 Å². The van der Waals surface area contributed by atoms with Crippen LogP contribution in [0.4, 0.5) is 0 Å². The van der Waals surface area contributed by atoms with Gasteiger partial charge in [-0.3, -0.25) is 0 Å². The summed E-state index contributed by atoms with van der Waals surface area (Å²) < 4.78 is 0. The minimum absolute atomic E-state index is 0. The van der Waals surface area contributed by atoms with E-state index in [2.05, 4.69) is 6.58 Å². The molecule has 2 unspecified atom stereocenters. The number of aliphatic hydroxyl groups excluding tert-OH is 2. The average Bonchev–Trinajstić information content (AvgIpc) is 2.15. The summed E-state index contributed by atoms with van der Waals surface area (Å²) in [6.07, 6.45) is -4.53. The van der Waals surface area contributed by atoms with Crippen LogP contribution in [-0.2, 0) is 14.4 Å². The molecule has 0 aliphatic carbocycles. The molecule has 0 fully saturated rings. The second kappa shape index (κ2) is 10.2. The van der Waals surface area contributed by atoms with Gasteiger partial charge in [0.05, 0.1) is 0 Å². The van der Waals surface area contributed by atoms with E-state index in [1.165, 1.54) is 6.92 Å². The molecule has 0 rings (SSSR count). The van der Waals surface area contributed by atoms with E-state index < -0.39 is 30.1 Å². The van der Waals surface area contributed by atoms with Crippen LogP contribution < -0.4 is 29.6 Å². The molecule has 0 saturated heterocycles. The number of aliphatic carboxylic acids is 3. The average molecular weight is 260 g/mol. The van der Waals surface area contributed by atoms with Crippen molar-refractivity contribution in [1.29, 1.82) is 0 Å². The molecule has 2 atom stereocenters. The Morgan fingerprint density at radius 3 is 1.24 bits per heavy atom. The fraction of sp³-hybridized carbons (Fsp3) is 0.375. The molecule has 0 aliphatic rings. The Bertz CT molecular complexity index is 275. The molecule has 5 N–H and O–H groups in total. The topological polar surface area (TPSA) is 152 Å². The number of hydrogen-bond acceptors (Lipinski definition) is 5. The van der Waals surface area contributed by atoms with E-state index in [1.54, 1.807) is 0 Å². The van der Waals surface area contributed by atoms with Crippen molar-refractivity contribution in [1.82, 2.24) is 0 Å². The van der Waals surface area contributed by atoms with Crippen molar-refractivity contribution >= 4 is 17.9 Å². The third kappa shape index (κ3) is 11.3. The van der Waals surface area contributed by atoms with Crippen LogP contribution in [0.1, 0.15) is 8.35 Å². The Morgan fingerprint density at radius 1 is 1.00 bits per heavy atom. The van der Waals surface area contributed by atoms with Crippen molar-refractivity contribution in [2.24, 2.45) is 0 Å². The zero-order valence-corrected chi connectivity index (χ0v) is 11.3. The van der Waals surface area contributed by atoms with E-state index >= 15 is 0 Å². The van der Waals surface area contributed by atoms with Crippen LogP contribution in [0, 0.1) is 0 Å². The predicted molar refractivity (Wildman–Crippen MR) is 50.8 cm³/mol. The summed E-state index contributed by atoms with van der Waals surface area (Å²) in [5.74, 6) is -4.47. The second-order valence-electron chi connectivity index (χ2n) is 2.65. The molecule has 0 radical (unpaired) electrons. The first-order chi connectivity index (χ1) is 7.11. The molecule has 0 aromatic rings. The summed E-state index contributed by atoms with van der Waals surface area (Å²) in [7, 11) is 0. The molecule has 0 saturated carbocycles. The molecule has 17 heavy (non-hydrogen) atoms. The van der Waals surface area contributed by atoms with Gasteiger partial charge in [-0.2, -0.15) is 0 Å². The van der Waals surface area contributed by atoms with Crippen molar-refractivity contribution in [2.45, 2.75) is 19.1 Å². The number of carboxylic acids is 3. The molecule has 0 spiro atoms. The Morgan fingerprint density at radius 2 is 1.18 bits per heavy atom. The molecule has 9 heteroatoms. The maximum Gasteiger partial charge on any atom is 1.00 e. The minimum atomic E-state index is -2.27. The van der Waals surface area contributed by atoms with Crippen molar-refractivity contribution in [3.8, 4) is 0 Å². The molecular weight excluding hydrogens is 247 g/mol. The fourth-order valence-electron chi connectivity index (χ4n) is 0.270.